The van der Waals surface area contributed by atoms with Crippen LogP contribution in [0.2, 0.25) is 0 Å². The Balaban J connectivity index is 2.41. The highest BCUT2D eigenvalue weighted by atomic mass is 16.1. The van der Waals surface area contributed by atoms with Crippen LogP contribution in [0.4, 0.5) is 0 Å². The minimum Gasteiger partial charge on any atom is -0.298 e. The molecule has 0 bridgehead atoms. The van der Waals surface area contributed by atoms with E-state index >= 15 is 0 Å². The zero-order valence-corrected chi connectivity index (χ0v) is 8.33. The third kappa shape index (κ3) is 2.00. The second-order valence-corrected chi connectivity index (χ2v) is 3.16. The molecule has 0 aromatic carbocycles. The van der Waals surface area contributed by atoms with E-state index in [0.29, 0.717) is 28.9 Å². The molecule has 0 aliphatic rings. The molecule has 4 nitrogen and oxygen atoms in total. The summed E-state index contributed by atoms with van der Waals surface area (Å²) in [6, 6.07) is 8.47. The number of carbonyl (C=O) groups is 2. The predicted octanol–water partition coefficient (Wildman–Crippen LogP) is 1.77. The monoisotopic (exact) mass is 212 g/mol. The fourth-order valence-electron chi connectivity index (χ4n) is 1.29. The van der Waals surface area contributed by atoms with Gasteiger partial charge in [0.25, 0.3) is 0 Å². The highest BCUT2D eigenvalue weighted by Gasteiger charge is 2.01. The van der Waals surface area contributed by atoms with Crippen LogP contribution in [-0.4, -0.2) is 22.5 Å². The van der Waals surface area contributed by atoms with Gasteiger partial charge in [-0.25, -0.2) is 4.98 Å². The molecule has 0 aliphatic carbocycles. The SMILES string of the molecule is O=Cc1ccc(-c2cccc(C=O)n2)nc1. The molecule has 0 aliphatic heterocycles. The lowest BCUT2D eigenvalue weighted by Gasteiger charge is -2.00. The number of rotatable bonds is 3. The second-order valence-electron chi connectivity index (χ2n) is 3.16. The molecule has 2 aromatic heterocycles. The Morgan fingerprint density at radius 3 is 2.44 bits per heavy atom. The molecule has 0 saturated carbocycles. The van der Waals surface area contributed by atoms with Gasteiger partial charge in [-0.1, -0.05) is 6.07 Å². The van der Waals surface area contributed by atoms with Crippen molar-refractivity contribution < 1.29 is 9.59 Å². The highest BCUT2D eigenvalue weighted by molar-refractivity contribution is 5.75. The van der Waals surface area contributed by atoms with E-state index in [1.165, 1.54) is 6.20 Å². The van der Waals surface area contributed by atoms with Crippen LogP contribution in [-0.2, 0) is 0 Å². The van der Waals surface area contributed by atoms with Gasteiger partial charge in [-0.3, -0.25) is 14.6 Å². The zero-order valence-electron chi connectivity index (χ0n) is 8.33. The third-order valence-corrected chi connectivity index (χ3v) is 2.08. The molecule has 0 fully saturated rings. The van der Waals surface area contributed by atoms with E-state index in [9.17, 15) is 9.59 Å². The van der Waals surface area contributed by atoms with Gasteiger partial charge < -0.3 is 0 Å². The number of carbonyl (C=O) groups excluding carboxylic acids is 2. The molecule has 0 radical (unpaired) electrons. The second kappa shape index (κ2) is 4.44. The van der Waals surface area contributed by atoms with Crippen LogP contribution >= 0.6 is 0 Å². The molecule has 0 spiro atoms. The summed E-state index contributed by atoms with van der Waals surface area (Å²) in [7, 11) is 0. The fraction of sp³-hybridized carbons (Fsp3) is 0. The molecular formula is C12H8N2O2. The number of aromatic nitrogens is 2. The quantitative estimate of drug-likeness (QED) is 0.727. The van der Waals surface area contributed by atoms with Crippen molar-refractivity contribution >= 4 is 12.6 Å². The van der Waals surface area contributed by atoms with Crippen molar-refractivity contribution in [3.63, 3.8) is 0 Å². The Bertz CT molecular complexity index is 521. The first kappa shape index (κ1) is 10.2. The summed E-state index contributed by atoms with van der Waals surface area (Å²) in [6.07, 6.45) is 2.88. The fourth-order valence-corrected chi connectivity index (χ4v) is 1.29. The van der Waals surface area contributed by atoms with Gasteiger partial charge in [0, 0.05) is 11.8 Å². The van der Waals surface area contributed by atoms with E-state index in [-0.39, 0.29) is 0 Å². The van der Waals surface area contributed by atoms with Crippen LogP contribution in [0.15, 0.2) is 36.5 Å². The third-order valence-electron chi connectivity index (χ3n) is 2.08. The molecule has 2 rings (SSSR count). The van der Waals surface area contributed by atoms with E-state index in [2.05, 4.69) is 9.97 Å². The molecule has 2 heterocycles. The van der Waals surface area contributed by atoms with E-state index in [1.54, 1.807) is 30.3 Å². The normalized spacial score (nSPS) is 9.75. The largest absolute Gasteiger partial charge is 0.298 e. The standard InChI is InChI=1S/C12H8N2O2/c15-7-9-4-5-11(13-6-9)12-3-1-2-10(8-16)14-12/h1-8H. The highest BCUT2D eigenvalue weighted by Crippen LogP contribution is 2.13. The predicted molar refractivity (Wildman–Crippen MR) is 58.2 cm³/mol. The van der Waals surface area contributed by atoms with Crippen LogP contribution in [0.5, 0.6) is 0 Å². The van der Waals surface area contributed by atoms with Gasteiger partial charge in [-0.15, -0.1) is 0 Å². The number of pyridine rings is 2. The van der Waals surface area contributed by atoms with Gasteiger partial charge in [0.2, 0.25) is 0 Å². The maximum Gasteiger partial charge on any atom is 0.168 e. The average Bonchev–Trinajstić information content (AvgIpc) is 2.39. The van der Waals surface area contributed by atoms with E-state index in [4.69, 9.17) is 0 Å². The van der Waals surface area contributed by atoms with Crippen LogP contribution in [0.25, 0.3) is 11.4 Å². The molecule has 0 amide bonds. The lowest BCUT2D eigenvalue weighted by atomic mass is 10.2. The Morgan fingerprint density at radius 1 is 0.938 bits per heavy atom. The first-order valence-electron chi connectivity index (χ1n) is 4.67. The minimum atomic E-state index is 0.360. The Morgan fingerprint density at radius 2 is 1.81 bits per heavy atom. The number of hydrogen-bond acceptors (Lipinski definition) is 4. The smallest absolute Gasteiger partial charge is 0.168 e. The van der Waals surface area contributed by atoms with Gasteiger partial charge in [-0.05, 0) is 24.3 Å². The molecule has 0 saturated heterocycles. The molecule has 0 unspecified atom stereocenters. The molecule has 4 heteroatoms. The zero-order chi connectivity index (χ0) is 11.4. The van der Waals surface area contributed by atoms with Crippen molar-refractivity contribution in [3.05, 3.63) is 47.8 Å². The average molecular weight is 212 g/mol. The number of nitrogens with zero attached hydrogens (tertiary/aromatic N) is 2. The molecule has 16 heavy (non-hydrogen) atoms. The molecular weight excluding hydrogens is 204 g/mol. The van der Waals surface area contributed by atoms with E-state index in [1.807, 2.05) is 0 Å². The molecule has 0 N–H and O–H groups in total. The summed E-state index contributed by atoms with van der Waals surface area (Å²) in [6.45, 7) is 0. The first-order chi connectivity index (χ1) is 7.83. The lowest BCUT2D eigenvalue weighted by molar-refractivity contribution is 0.111. The van der Waals surface area contributed by atoms with Crippen molar-refractivity contribution in [1.29, 1.82) is 0 Å². The maximum absolute atomic E-state index is 10.6. The minimum absolute atomic E-state index is 0.360. The molecule has 0 atom stereocenters. The topological polar surface area (TPSA) is 59.9 Å². The summed E-state index contributed by atoms with van der Waals surface area (Å²) in [5, 5.41) is 0. The summed E-state index contributed by atoms with van der Waals surface area (Å²) in [5.41, 5.74) is 2.12. The molecule has 2 aromatic rings. The van der Waals surface area contributed by atoms with Gasteiger partial charge in [0.05, 0.1) is 11.4 Å². The molecule has 78 valence electrons. The van der Waals surface area contributed by atoms with Crippen LogP contribution < -0.4 is 0 Å². The first-order valence-corrected chi connectivity index (χ1v) is 4.67. The van der Waals surface area contributed by atoms with Crippen LogP contribution in [0.1, 0.15) is 20.8 Å². The van der Waals surface area contributed by atoms with Crippen LogP contribution in [0, 0.1) is 0 Å². The van der Waals surface area contributed by atoms with Crippen molar-refractivity contribution in [3.8, 4) is 11.4 Å². The van der Waals surface area contributed by atoms with Crippen molar-refractivity contribution in [2.75, 3.05) is 0 Å². The maximum atomic E-state index is 10.6. The van der Waals surface area contributed by atoms with Crippen molar-refractivity contribution in [2.45, 2.75) is 0 Å². The van der Waals surface area contributed by atoms with Gasteiger partial charge in [0.15, 0.2) is 12.6 Å². The van der Waals surface area contributed by atoms with Gasteiger partial charge in [-0.2, -0.15) is 0 Å². The lowest BCUT2D eigenvalue weighted by Crippen LogP contribution is -1.92. The Kier molecular flexibility index (Phi) is 2.82. The van der Waals surface area contributed by atoms with Gasteiger partial charge >= 0.3 is 0 Å². The number of aldehydes is 2. The van der Waals surface area contributed by atoms with Crippen molar-refractivity contribution in [1.82, 2.24) is 9.97 Å². The van der Waals surface area contributed by atoms with E-state index < -0.39 is 0 Å². The summed E-state index contributed by atoms with van der Waals surface area (Å²) < 4.78 is 0. The summed E-state index contributed by atoms with van der Waals surface area (Å²) in [5.74, 6) is 0. The summed E-state index contributed by atoms with van der Waals surface area (Å²) in [4.78, 5) is 29.2. The van der Waals surface area contributed by atoms with Crippen molar-refractivity contribution in [2.24, 2.45) is 0 Å². The summed E-state index contributed by atoms with van der Waals surface area (Å²) >= 11 is 0. The van der Waals surface area contributed by atoms with Gasteiger partial charge in [0.1, 0.15) is 5.69 Å². The van der Waals surface area contributed by atoms with Crippen LogP contribution in [0.3, 0.4) is 0 Å². The Hall–Kier alpha value is -2.36. The number of hydrogen-bond donors (Lipinski definition) is 0. The Labute approximate surface area is 92.0 Å². The van der Waals surface area contributed by atoms with E-state index in [0.717, 1.165) is 6.29 Å².